The van der Waals surface area contributed by atoms with Crippen LogP contribution in [-0.2, 0) is 6.18 Å². The lowest BCUT2D eigenvalue weighted by Gasteiger charge is -2.38. The fourth-order valence-corrected chi connectivity index (χ4v) is 4.01. The fourth-order valence-electron chi connectivity index (χ4n) is 4.01. The molecule has 0 spiro atoms. The van der Waals surface area contributed by atoms with E-state index in [0.717, 1.165) is 22.9 Å². The van der Waals surface area contributed by atoms with E-state index in [9.17, 15) is 13.2 Å². The maximum absolute atomic E-state index is 13.7. The summed E-state index contributed by atoms with van der Waals surface area (Å²) in [6.45, 7) is 0. The molecule has 2 aliphatic rings. The Hall–Kier alpha value is -3.28. The Morgan fingerprint density at radius 2 is 1.48 bits per heavy atom. The van der Waals surface area contributed by atoms with Gasteiger partial charge in [-0.3, -0.25) is 0 Å². The van der Waals surface area contributed by atoms with Crippen LogP contribution in [0.15, 0.2) is 84.0 Å². The molecule has 0 fully saturated rings. The first kappa shape index (κ1) is 17.8. The van der Waals surface area contributed by atoms with Crippen molar-refractivity contribution >= 4 is 5.71 Å². The predicted octanol–water partition coefficient (Wildman–Crippen LogP) is 5.95. The van der Waals surface area contributed by atoms with Gasteiger partial charge in [-0.25, -0.2) is 5.01 Å². The van der Waals surface area contributed by atoms with E-state index in [-0.39, 0.29) is 11.6 Å². The standard InChI is InChI=1S/C23H17F3N2O/c24-23(25,26)18-12-6-4-10-16(18)22-28-20(17-11-5-7-13-21(17)29-22)14-19(27-28)15-8-2-1-3-9-15/h1-13,20,22H,14H2/t20-,22+/m0/s1. The van der Waals surface area contributed by atoms with Crippen LogP contribution in [0.2, 0.25) is 0 Å². The number of rotatable bonds is 2. The first-order valence-corrected chi connectivity index (χ1v) is 9.35. The molecule has 3 aromatic rings. The zero-order chi connectivity index (χ0) is 20.0. The number of ether oxygens (including phenoxy) is 1. The van der Waals surface area contributed by atoms with Gasteiger partial charge in [0.1, 0.15) is 5.75 Å². The minimum Gasteiger partial charge on any atom is -0.464 e. The van der Waals surface area contributed by atoms with E-state index < -0.39 is 18.0 Å². The third-order valence-electron chi connectivity index (χ3n) is 5.34. The second-order valence-corrected chi connectivity index (χ2v) is 7.11. The molecular formula is C23H17F3N2O. The van der Waals surface area contributed by atoms with Gasteiger partial charge in [-0.2, -0.15) is 18.3 Å². The minimum absolute atomic E-state index is 0.0672. The number of para-hydroxylation sites is 1. The van der Waals surface area contributed by atoms with Gasteiger partial charge >= 0.3 is 6.18 Å². The highest BCUT2D eigenvalue weighted by Crippen LogP contribution is 2.49. The molecule has 146 valence electrons. The quantitative estimate of drug-likeness (QED) is 0.537. The Bertz CT molecular complexity index is 1080. The summed E-state index contributed by atoms with van der Waals surface area (Å²) in [6.07, 6.45) is -4.82. The molecule has 3 aromatic carbocycles. The summed E-state index contributed by atoms with van der Waals surface area (Å²) in [5, 5.41) is 6.39. The van der Waals surface area contributed by atoms with Crippen molar-refractivity contribution in [2.24, 2.45) is 5.10 Å². The molecule has 0 aliphatic carbocycles. The molecule has 0 unspecified atom stereocenters. The van der Waals surface area contributed by atoms with Crippen LogP contribution in [0.3, 0.4) is 0 Å². The van der Waals surface area contributed by atoms with Gasteiger partial charge in [-0.15, -0.1) is 0 Å². The molecule has 2 heterocycles. The lowest BCUT2D eigenvalue weighted by Crippen LogP contribution is -2.35. The largest absolute Gasteiger partial charge is 0.464 e. The summed E-state index contributed by atoms with van der Waals surface area (Å²) < 4.78 is 47.1. The fraction of sp³-hybridized carbons (Fsp3) is 0.174. The predicted molar refractivity (Wildman–Crippen MR) is 103 cm³/mol. The minimum atomic E-state index is -4.47. The molecule has 0 saturated heterocycles. The van der Waals surface area contributed by atoms with Crippen LogP contribution in [-0.4, -0.2) is 10.7 Å². The molecule has 0 radical (unpaired) electrons. The van der Waals surface area contributed by atoms with Crippen molar-refractivity contribution in [3.05, 3.63) is 101 Å². The third kappa shape index (κ3) is 3.05. The molecule has 0 amide bonds. The highest BCUT2D eigenvalue weighted by atomic mass is 19.4. The van der Waals surface area contributed by atoms with Crippen molar-refractivity contribution < 1.29 is 17.9 Å². The smallest absolute Gasteiger partial charge is 0.416 e. The van der Waals surface area contributed by atoms with Crippen molar-refractivity contribution in [3.63, 3.8) is 0 Å². The number of alkyl halides is 3. The SMILES string of the molecule is FC(F)(F)c1ccccc1[C@H]1Oc2ccccc2[C@@H]2CC(c3ccccc3)=NN12. The van der Waals surface area contributed by atoms with Gasteiger partial charge in [-0.05, 0) is 17.7 Å². The lowest BCUT2D eigenvalue weighted by molar-refractivity contribution is -0.140. The van der Waals surface area contributed by atoms with E-state index in [2.05, 4.69) is 0 Å². The summed E-state index contributed by atoms with van der Waals surface area (Å²) in [4.78, 5) is 0. The summed E-state index contributed by atoms with van der Waals surface area (Å²) >= 11 is 0. The van der Waals surface area contributed by atoms with E-state index in [1.165, 1.54) is 12.1 Å². The summed E-state index contributed by atoms with van der Waals surface area (Å²) in [6, 6.07) is 22.6. The monoisotopic (exact) mass is 394 g/mol. The highest BCUT2D eigenvalue weighted by Gasteiger charge is 2.44. The number of benzene rings is 3. The Labute approximate surface area is 166 Å². The van der Waals surface area contributed by atoms with Crippen LogP contribution in [0.4, 0.5) is 13.2 Å². The van der Waals surface area contributed by atoms with Gasteiger partial charge in [-0.1, -0.05) is 66.7 Å². The van der Waals surface area contributed by atoms with E-state index in [1.807, 2.05) is 48.5 Å². The number of nitrogens with zero attached hydrogens (tertiary/aromatic N) is 2. The third-order valence-corrected chi connectivity index (χ3v) is 5.34. The topological polar surface area (TPSA) is 24.8 Å². The number of fused-ring (bicyclic) bond motifs is 3. The van der Waals surface area contributed by atoms with Crippen molar-refractivity contribution in [2.75, 3.05) is 0 Å². The highest BCUT2D eigenvalue weighted by molar-refractivity contribution is 6.01. The average molecular weight is 394 g/mol. The maximum Gasteiger partial charge on any atom is 0.416 e. The number of halogens is 3. The molecule has 29 heavy (non-hydrogen) atoms. The van der Waals surface area contributed by atoms with Gasteiger partial charge in [0.2, 0.25) is 6.23 Å². The molecular weight excluding hydrogens is 377 g/mol. The summed E-state index contributed by atoms with van der Waals surface area (Å²) in [7, 11) is 0. The second-order valence-electron chi connectivity index (χ2n) is 7.11. The number of hydrogen-bond donors (Lipinski definition) is 0. The van der Waals surface area contributed by atoms with Crippen LogP contribution >= 0.6 is 0 Å². The van der Waals surface area contributed by atoms with Crippen LogP contribution in [0.5, 0.6) is 5.75 Å². The van der Waals surface area contributed by atoms with Gasteiger partial charge in [0.15, 0.2) is 0 Å². The maximum atomic E-state index is 13.7. The van der Waals surface area contributed by atoms with E-state index in [4.69, 9.17) is 9.84 Å². The number of hydrazone groups is 1. The summed E-state index contributed by atoms with van der Waals surface area (Å²) in [5.41, 5.74) is 2.10. The van der Waals surface area contributed by atoms with Crippen molar-refractivity contribution in [3.8, 4) is 5.75 Å². The normalized spacial score (nSPS) is 20.5. The van der Waals surface area contributed by atoms with Crippen LogP contribution < -0.4 is 4.74 Å². The Kier molecular flexibility index (Phi) is 4.08. The Balaban J connectivity index is 1.64. The van der Waals surface area contributed by atoms with Gasteiger partial charge in [0, 0.05) is 17.5 Å². The molecule has 0 N–H and O–H groups in total. The molecule has 6 heteroatoms. The van der Waals surface area contributed by atoms with Gasteiger partial charge in [0.25, 0.3) is 0 Å². The first-order chi connectivity index (χ1) is 14.0. The van der Waals surface area contributed by atoms with Crippen LogP contribution in [0.1, 0.15) is 40.9 Å². The van der Waals surface area contributed by atoms with E-state index in [0.29, 0.717) is 12.2 Å². The van der Waals surface area contributed by atoms with Crippen molar-refractivity contribution in [1.29, 1.82) is 0 Å². The molecule has 2 aliphatic heterocycles. The molecule has 3 nitrogen and oxygen atoms in total. The average Bonchev–Trinajstić information content (AvgIpc) is 3.19. The molecule has 0 aromatic heterocycles. The van der Waals surface area contributed by atoms with Crippen molar-refractivity contribution in [1.82, 2.24) is 5.01 Å². The molecule has 2 atom stereocenters. The Morgan fingerprint density at radius 1 is 0.828 bits per heavy atom. The Morgan fingerprint density at radius 3 is 2.24 bits per heavy atom. The lowest BCUT2D eigenvalue weighted by atomic mass is 9.95. The van der Waals surface area contributed by atoms with Crippen LogP contribution in [0.25, 0.3) is 0 Å². The van der Waals surface area contributed by atoms with E-state index >= 15 is 0 Å². The molecule has 5 rings (SSSR count). The van der Waals surface area contributed by atoms with E-state index in [1.54, 1.807) is 17.1 Å². The first-order valence-electron chi connectivity index (χ1n) is 9.35. The van der Waals surface area contributed by atoms with Crippen LogP contribution in [0, 0.1) is 0 Å². The molecule has 0 bridgehead atoms. The molecule has 0 saturated carbocycles. The van der Waals surface area contributed by atoms with Gasteiger partial charge in [0.05, 0.1) is 17.3 Å². The van der Waals surface area contributed by atoms with Crippen molar-refractivity contribution in [2.45, 2.75) is 24.9 Å². The zero-order valence-electron chi connectivity index (χ0n) is 15.3. The zero-order valence-corrected chi connectivity index (χ0v) is 15.3. The second kappa shape index (κ2) is 6.65. The summed E-state index contributed by atoms with van der Waals surface area (Å²) in [5.74, 6) is 0.597. The van der Waals surface area contributed by atoms with Gasteiger partial charge < -0.3 is 4.74 Å². The number of hydrogen-bond acceptors (Lipinski definition) is 3.